The van der Waals surface area contributed by atoms with Crippen LogP contribution in [0.5, 0.6) is 0 Å². The fourth-order valence-electron chi connectivity index (χ4n) is 3.38. The third-order valence-electron chi connectivity index (χ3n) is 4.60. The van der Waals surface area contributed by atoms with Crippen molar-refractivity contribution in [1.82, 2.24) is 9.80 Å². The Kier molecular flexibility index (Phi) is 6.60. The number of benzene rings is 1. The minimum atomic E-state index is -0.415. The Bertz CT molecular complexity index is 487. The summed E-state index contributed by atoms with van der Waals surface area (Å²) >= 11 is 0. The zero-order valence-electron chi connectivity index (χ0n) is 14.7. The molecule has 0 saturated carbocycles. The van der Waals surface area contributed by atoms with Gasteiger partial charge >= 0.3 is 0 Å². The van der Waals surface area contributed by atoms with Gasteiger partial charge in [-0.25, -0.2) is 0 Å². The van der Waals surface area contributed by atoms with Gasteiger partial charge in [-0.2, -0.15) is 0 Å². The molecule has 23 heavy (non-hydrogen) atoms. The molecule has 1 heterocycles. The van der Waals surface area contributed by atoms with E-state index >= 15 is 0 Å². The predicted molar refractivity (Wildman–Crippen MR) is 94.9 cm³/mol. The Morgan fingerprint density at radius 2 is 2.00 bits per heavy atom. The maximum Gasteiger partial charge on any atom is 0.239 e. The molecule has 1 saturated heterocycles. The highest BCUT2D eigenvalue weighted by Crippen LogP contribution is 2.20. The molecular weight excluding hydrogens is 286 g/mol. The van der Waals surface area contributed by atoms with Crippen molar-refractivity contribution >= 4 is 5.91 Å². The number of hydrogen-bond acceptors (Lipinski definition) is 3. The second-order valence-corrected chi connectivity index (χ2v) is 7.10. The summed E-state index contributed by atoms with van der Waals surface area (Å²) in [5.74, 6) is 0.609. The lowest BCUT2D eigenvalue weighted by Gasteiger charge is -2.37. The van der Waals surface area contributed by atoms with Crippen molar-refractivity contribution in [3.8, 4) is 0 Å². The van der Waals surface area contributed by atoms with Gasteiger partial charge in [0.25, 0.3) is 0 Å². The van der Waals surface area contributed by atoms with Crippen molar-refractivity contribution in [2.45, 2.75) is 52.2 Å². The maximum atomic E-state index is 12.3. The monoisotopic (exact) mass is 317 g/mol. The highest BCUT2D eigenvalue weighted by molar-refractivity contribution is 5.81. The van der Waals surface area contributed by atoms with Gasteiger partial charge < -0.3 is 10.6 Å². The van der Waals surface area contributed by atoms with Gasteiger partial charge in [-0.05, 0) is 51.6 Å². The van der Waals surface area contributed by atoms with Crippen LogP contribution in [0, 0.1) is 5.92 Å². The molecule has 1 amide bonds. The molecule has 0 radical (unpaired) electrons. The summed E-state index contributed by atoms with van der Waals surface area (Å²) in [5.41, 5.74) is 7.17. The highest BCUT2D eigenvalue weighted by atomic mass is 16.2. The smallest absolute Gasteiger partial charge is 0.239 e. The van der Waals surface area contributed by atoms with E-state index in [9.17, 15) is 4.79 Å². The van der Waals surface area contributed by atoms with Crippen LogP contribution in [0.1, 0.15) is 39.2 Å². The lowest BCUT2D eigenvalue weighted by atomic mass is 9.96. The molecule has 0 spiro atoms. The summed E-state index contributed by atoms with van der Waals surface area (Å²) in [6, 6.07) is 10.4. The molecule has 2 atom stereocenters. The molecule has 1 fully saturated rings. The number of hydrogen-bond donors (Lipinski definition) is 1. The normalized spacial score (nSPS) is 20.5. The summed E-state index contributed by atoms with van der Waals surface area (Å²) in [6.45, 7) is 9.96. The van der Waals surface area contributed by atoms with Gasteiger partial charge in [-0.15, -0.1) is 0 Å². The molecule has 0 aliphatic carbocycles. The molecule has 1 aliphatic heterocycles. The van der Waals surface area contributed by atoms with E-state index in [1.807, 2.05) is 4.90 Å². The first-order valence-corrected chi connectivity index (χ1v) is 8.79. The maximum absolute atomic E-state index is 12.3. The first-order chi connectivity index (χ1) is 11.0. The van der Waals surface area contributed by atoms with Crippen LogP contribution in [0.25, 0.3) is 0 Å². The number of piperidine rings is 1. The van der Waals surface area contributed by atoms with Crippen molar-refractivity contribution in [3.05, 3.63) is 35.9 Å². The number of amides is 1. The summed E-state index contributed by atoms with van der Waals surface area (Å²) in [5, 5.41) is 0. The predicted octanol–water partition coefficient (Wildman–Crippen LogP) is 2.48. The largest absolute Gasteiger partial charge is 0.339 e. The summed E-state index contributed by atoms with van der Waals surface area (Å²) < 4.78 is 0. The standard InChI is InChI=1S/C19H31N3O/c1-15(2)22(19(23)16(3)20)14-18-10-7-11-21(13-18)12-17-8-5-4-6-9-17/h4-6,8-9,15-16,18H,7,10-14,20H2,1-3H3/t16-,18?/m0/s1. The second kappa shape index (κ2) is 8.46. The average molecular weight is 317 g/mol. The minimum Gasteiger partial charge on any atom is -0.339 e. The number of carbonyl (C=O) groups is 1. The Morgan fingerprint density at radius 1 is 1.30 bits per heavy atom. The molecule has 1 aliphatic rings. The van der Waals surface area contributed by atoms with Crippen molar-refractivity contribution in [2.24, 2.45) is 11.7 Å². The minimum absolute atomic E-state index is 0.0696. The van der Waals surface area contributed by atoms with Crippen molar-refractivity contribution in [1.29, 1.82) is 0 Å². The molecule has 2 rings (SSSR count). The van der Waals surface area contributed by atoms with E-state index in [1.165, 1.54) is 18.4 Å². The van der Waals surface area contributed by atoms with E-state index in [1.54, 1.807) is 6.92 Å². The van der Waals surface area contributed by atoms with E-state index in [-0.39, 0.29) is 11.9 Å². The summed E-state index contributed by atoms with van der Waals surface area (Å²) in [4.78, 5) is 16.8. The fourth-order valence-corrected chi connectivity index (χ4v) is 3.38. The zero-order chi connectivity index (χ0) is 16.8. The molecule has 1 aromatic rings. The third-order valence-corrected chi connectivity index (χ3v) is 4.60. The molecule has 1 aromatic carbocycles. The number of nitrogens with two attached hydrogens (primary N) is 1. The molecule has 2 N–H and O–H groups in total. The fraction of sp³-hybridized carbons (Fsp3) is 0.632. The van der Waals surface area contributed by atoms with Gasteiger partial charge in [0, 0.05) is 25.7 Å². The van der Waals surface area contributed by atoms with Crippen LogP contribution >= 0.6 is 0 Å². The van der Waals surface area contributed by atoms with Crippen LogP contribution in [0.15, 0.2) is 30.3 Å². The van der Waals surface area contributed by atoms with Crippen molar-refractivity contribution in [3.63, 3.8) is 0 Å². The Morgan fingerprint density at radius 3 is 2.61 bits per heavy atom. The zero-order valence-corrected chi connectivity index (χ0v) is 14.7. The van der Waals surface area contributed by atoms with E-state index in [0.29, 0.717) is 5.92 Å². The lowest BCUT2D eigenvalue weighted by Crippen LogP contribution is -2.49. The summed E-state index contributed by atoms with van der Waals surface area (Å²) in [6.07, 6.45) is 2.40. The molecule has 128 valence electrons. The molecule has 0 aromatic heterocycles. The van der Waals surface area contributed by atoms with Gasteiger partial charge in [-0.3, -0.25) is 9.69 Å². The number of likely N-dealkylation sites (tertiary alicyclic amines) is 1. The highest BCUT2D eigenvalue weighted by Gasteiger charge is 2.27. The van der Waals surface area contributed by atoms with Crippen molar-refractivity contribution < 1.29 is 4.79 Å². The van der Waals surface area contributed by atoms with Crippen LogP contribution in [-0.4, -0.2) is 47.4 Å². The van der Waals surface area contributed by atoms with Gasteiger partial charge in [0.2, 0.25) is 5.91 Å². The van der Waals surface area contributed by atoms with Crippen LogP contribution in [-0.2, 0) is 11.3 Å². The van der Waals surface area contributed by atoms with Crippen LogP contribution in [0.2, 0.25) is 0 Å². The van der Waals surface area contributed by atoms with Crippen LogP contribution in [0.3, 0.4) is 0 Å². The second-order valence-electron chi connectivity index (χ2n) is 7.10. The third kappa shape index (κ3) is 5.33. The topological polar surface area (TPSA) is 49.6 Å². The SMILES string of the molecule is CC(C)N(CC1CCCN(Cc2ccccc2)C1)C(=O)[C@H](C)N. The first kappa shape index (κ1) is 18.0. The van der Waals surface area contributed by atoms with E-state index in [4.69, 9.17) is 5.73 Å². The van der Waals surface area contributed by atoms with E-state index in [0.717, 1.165) is 26.2 Å². The molecule has 4 heteroatoms. The first-order valence-electron chi connectivity index (χ1n) is 8.79. The molecular formula is C19H31N3O. The Hall–Kier alpha value is -1.39. The van der Waals surface area contributed by atoms with Gasteiger partial charge in [-0.1, -0.05) is 30.3 Å². The van der Waals surface area contributed by atoms with E-state index in [2.05, 4.69) is 49.1 Å². The van der Waals surface area contributed by atoms with Crippen molar-refractivity contribution in [2.75, 3.05) is 19.6 Å². The summed E-state index contributed by atoms with van der Waals surface area (Å²) in [7, 11) is 0. The number of rotatable bonds is 6. The Labute approximate surface area is 140 Å². The quantitative estimate of drug-likeness (QED) is 0.877. The average Bonchev–Trinajstić information content (AvgIpc) is 2.53. The van der Waals surface area contributed by atoms with Gasteiger partial charge in [0.05, 0.1) is 6.04 Å². The lowest BCUT2D eigenvalue weighted by molar-refractivity contribution is -0.134. The number of nitrogens with zero attached hydrogens (tertiary/aromatic N) is 2. The van der Waals surface area contributed by atoms with E-state index < -0.39 is 6.04 Å². The van der Waals surface area contributed by atoms with Gasteiger partial charge in [0.1, 0.15) is 0 Å². The molecule has 1 unspecified atom stereocenters. The molecule has 0 bridgehead atoms. The Balaban J connectivity index is 1.93. The van der Waals surface area contributed by atoms with Gasteiger partial charge in [0.15, 0.2) is 0 Å². The number of carbonyl (C=O) groups excluding carboxylic acids is 1. The van der Waals surface area contributed by atoms with Crippen LogP contribution < -0.4 is 5.73 Å². The molecule has 4 nitrogen and oxygen atoms in total. The van der Waals surface area contributed by atoms with Crippen LogP contribution in [0.4, 0.5) is 0 Å².